The summed E-state index contributed by atoms with van der Waals surface area (Å²) < 4.78 is 10.7. The summed E-state index contributed by atoms with van der Waals surface area (Å²) in [7, 11) is 3.23. The van der Waals surface area contributed by atoms with E-state index in [2.05, 4.69) is 11.8 Å². The SMILES string of the molecule is COc1ccc(C(C)N2CCN(c3ccc(C=O)cc3[N+](=O)[O-])CC2)cc1OC. The quantitative estimate of drug-likeness (QED) is 0.401. The molecule has 29 heavy (non-hydrogen) atoms. The molecule has 3 rings (SSSR count). The van der Waals surface area contributed by atoms with Crippen molar-refractivity contribution in [2.75, 3.05) is 45.3 Å². The fraction of sp³-hybridized carbons (Fsp3) is 0.381. The summed E-state index contributed by atoms with van der Waals surface area (Å²) >= 11 is 0. The zero-order valence-corrected chi connectivity index (χ0v) is 16.8. The zero-order valence-electron chi connectivity index (χ0n) is 16.8. The second-order valence-electron chi connectivity index (χ2n) is 6.94. The maximum Gasteiger partial charge on any atom is 0.293 e. The van der Waals surface area contributed by atoms with Crippen LogP contribution in [0.1, 0.15) is 28.9 Å². The summed E-state index contributed by atoms with van der Waals surface area (Å²) in [5.41, 5.74) is 1.95. The van der Waals surface area contributed by atoms with E-state index in [1.54, 1.807) is 26.4 Å². The third kappa shape index (κ3) is 4.32. The van der Waals surface area contributed by atoms with E-state index in [4.69, 9.17) is 9.47 Å². The van der Waals surface area contributed by atoms with E-state index in [0.29, 0.717) is 42.1 Å². The molecule has 1 saturated heterocycles. The third-order valence-electron chi connectivity index (χ3n) is 5.42. The predicted molar refractivity (Wildman–Crippen MR) is 110 cm³/mol. The molecule has 0 bridgehead atoms. The standard InChI is InChI=1S/C21H25N3O5/c1-15(17-5-7-20(28-2)21(13-17)29-3)22-8-10-23(11-9-22)18-6-4-16(14-25)12-19(18)24(26)27/h4-7,12-15H,8-11H2,1-3H3. The molecule has 2 aromatic rings. The molecule has 0 aromatic heterocycles. The lowest BCUT2D eigenvalue weighted by molar-refractivity contribution is -0.384. The van der Waals surface area contributed by atoms with E-state index in [0.717, 1.165) is 18.7 Å². The van der Waals surface area contributed by atoms with Crippen LogP contribution in [-0.4, -0.2) is 56.5 Å². The summed E-state index contributed by atoms with van der Waals surface area (Å²) in [6.45, 7) is 5.00. The first-order chi connectivity index (χ1) is 14.0. The van der Waals surface area contributed by atoms with E-state index in [-0.39, 0.29) is 11.7 Å². The maximum absolute atomic E-state index is 11.4. The van der Waals surface area contributed by atoms with Gasteiger partial charge >= 0.3 is 0 Å². The Morgan fingerprint density at radius 2 is 1.72 bits per heavy atom. The summed E-state index contributed by atoms with van der Waals surface area (Å²) in [6, 6.07) is 10.7. The zero-order chi connectivity index (χ0) is 21.0. The van der Waals surface area contributed by atoms with Gasteiger partial charge in [-0.1, -0.05) is 6.07 Å². The van der Waals surface area contributed by atoms with Crippen LogP contribution in [0, 0.1) is 10.1 Å². The minimum Gasteiger partial charge on any atom is -0.493 e. The molecule has 8 nitrogen and oxygen atoms in total. The Kier molecular flexibility index (Phi) is 6.33. The van der Waals surface area contributed by atoms with E-state index >= 15 is 0 Å². The van der Waals surface area contributed by atoms with E-state index < -0.39 is 4.92 Å². The lowest BCUT2D eigenvalue weighted by Crippen LogP contribution is -2.47. The van der Waals surface area contributed by atoms with Gasteiger partial charge in [-0.05, 0) is 36.8 Å². The molecule has 1 unspecified atom stereocenters. The second-order valence-corrected chi connectivity index (χ2v) is 6.94. The number of aldehydes is 1. The van der Waals surface area contributed by atoms with Crippen LogP contribution in [0.15, 0.2) is 36.4 Å². The molecule has 0 saturated carbocycles. The Morgan fingerprint density at radius 3 is 2.31 bits per heavy atom. The third-order valence-corrected chi connectivity index (χ3v) is 5.42. The minimum atomic E-state index is -0.430. The molecule has 0 N–H and O–H groups in total. The number of nitro benzene ring substituents is 1. The Bertz CT molecular complexity index is 894. The molecule has 0 radical (unpaired) electrons. The number of hydrogen-bond donors (Lipinski definition) is 0. The largest absolute Gasteiger partial charge is 0.493 e. The number of nitrogens with zero attached hydrogens (tertiary/aromatic N) is 3. The number of carbonyl (C=O) groups is 1. The van der Waals surface area contributed by atoms with Crippen LogP contribution in [0.2, 0.25) is 0 Å². The van der Waals surface area contributed by atoms with Crippen LogP contribution < -0.4 is 14.4 Å². The number of hydrogen-bond acceptors (Lipinski definition) is 7. The van der Waals surface area contributed by atoms with Crippen molar-refractivity contribution < 1.29 is 19.2 Å². The van der Waals surface area contributed by atoms with E-state index in [1.165, 1.54) is 6.07 Å². The van der Waals surface area contributed by atoms with E-state index in [9.17, 15) is 14.9 Å². The number of nitro groups is 1. The van der Waals surface area contributed by atoms with Crippen molar-refractivity contribution in [1.29, 1.82) is 0 Å². The predicted octanol–water partition coefficient (Wildman–Crippen LogP) is 3.31. The van der Waals surface area contributed by atoms with Crippen LogP contribution in [0.3, 0.4) is 0 Å². The van der Waals surface area contributed by atoms with Crippen LogP contribution in [-0.2, 0) is 0 Å². The van der Waals surface area contributed by atoms with Gasteiger partial charge in [0, 0.05) is 43.9 Å². The normalized spacial score (nSPS) is 15.6. The van der Waals surface area contributed by atoms with Crippen LogP contribution in [0.4, 0.5) is 11.4 Å². The Hall–Kier alpha value is -3.13. The molecule has 154 valence electrons. The Labute approximate surface area is 169 Å². The van der Waals surface area contributed by atoms with Crippen LogP contribution in [0.5, 0.6) is 11.5 Å². The number of ether oxygens (including phenoxy) is 2. The van der Waals surface area contributed by atoms with Gasteiger partial charge in [0.15, 0.2) is 11.5 Å². The van der Waals surface area contributed by atoms with Gasteiger partial charge < -0.3 is 14.4 Å². The van der Waals surface area contributed by atoms with Crippen molar-refractivity contribution in [3.8, 4) is 11.5 Å². The fourth-order valence-corrected chi connectivity index (χ4v) is 3.70. The van der Waals surface area contributed by atoms with Gasteiger partial charge in [0.2, 0.25) is 0 Å². The average Bonchev–Trinajstić information content (AvgIpc) is 2.77. The summed E-state index contributed by atoms with van der Waals surface area (Å²) in [4.78, 5) is 26.3. The smallest absolute Gasteiger partial charge is 0.293 e. The van der Waals surface area contributed by atoms with Crippen LogP contribution in [0.25, 0.3) is 0 Å². The highest BCUT2D eigenvalue weighted by molar-refractivity contribution is 5.79. The lowest BCUT2D eigenvalue weighted by Gasteiger charge is -2.39. The summed E-state index contributed by atoms with van der Waals surface area (Å²) in [6.07, 6.45) is 0.625. The molecule has 2 aromatic carbocycles. The average molecular weight is 399 g/mol. The molecule has 1 aliphatic rings. The topological polar surface area (TPSA) is 85.2 Å². The molecule has 1 atom stereocenters. The van der Waals surface area contributed by atoms with Crippen molar-refractivity contribution in [3.05, 3.63) is 57.6 Å². The number of piperazine rings is 1. The van der Waals surface area contributed by atoms with Crippen molar-refractivity contribution in [2.24, 2.45) is 0 Å². The maximum atomic E-state index is 11.4. The first-order valence-electron chi connectivity index (χ1n) is 9.43. The molecular formula is C21H25N3O5. The molecule has 8 heteroatoms. The first-order valence-corrected chi connectivity index (χ1v) is 9.43. The minimum absolute atomic E-state index is 0.0315. The molecule has 0 spiro atoms. The van der Waals surface area contributed by atoms with Gasteiger partial charge in [0.1, 0.15) is 12.0 Å². The highest BCUT2D eigenvalue weighted by Gasteiger charge is 2.27. The molecule has 1 aliphatic heterocycles. The Balaban J connectivity index is 1.72. The number of benzene rings is 2. The van der Waals surface area contributed by atoms with Gasteiger partial charge in [-0.3, -0.25) is 19.8 Å². The molecule has 1 heterocycles. The van der Waals surface area contributed by atoms with Gasteiger partial charge in [0.25, 0.3) is 5.69 Å². The number of anilines is 1. The molecular weight excluding hydrogens is 374 g/mol. The number of methoxy groups -OCH3 is 2. The summed E-state index contributed by atoms with van der Waals surface area (Å²) in [5.74, 6) is 1.39. The van der Waals surface area contributed by atoms with Crippen molar-refractivity contribution >= 4 is 17.7 Å². The Morgan fingerprint density at radius 1 is 1.03 bits per heavy atom. The second kappa shape index (κ2) is 8.91. The van der Waals surface area contributed by atoms with Crippen molar-refractivity contribution in [2.45, 2.75) is 13.0 Å². The van der Waals surface area contributed by atoms with Gasteiger partial charge in [-0.2, -0.15) is 0 Å². The van der Waals surface area contributed by atoms with Crippen LogP contribution >= 0.6 is 0 Å². The van der Waals surface area contributed by atoms with E-state index in [1.807, 2.05) is 23.1 Å². The van der Waals surface area contributed by atoms with Gasteiger partial charge in [0.05, 0.1) is 19.1 Å². The number of rotatable bonds is 7. The highest BCUT2D eigenvalue weighted by atomic mass is 16.6. The fourth-order valence-electron chi connectivity index (χ4n) is 3.70. The monoisotopic (exact) mass is 399 g/mol. The molecule has 0 amide bonds. The first kappa shape index (κ1) is 20.6. The van der Waals surface area contributed by atoms with Crippen molar-refractivity contribution in [3.63, 3.8) is 0 Å². The number of carbonyl (C=O) groups excluding carboxylic acids is 1. The lowest BCUT2D eigenvalue weighted by atomic mass is 10.0. The van der Waals surface area contributed by atoms with Crippen molar-refractivity contribution in [1.82, 2.24) is 4.90 Å². The molecule has 1 fully saturated rings. The van der Waals surface area contributed by atoms with Gasteiger partial charge in [-0.15, -0.1) is 0 Å². The van der Waals surface area contributed by atoms with Gasteiger partial charge in [-0.25, -0.2) is 0 Å². The highest BCUT2D eigenvalue weighted by Crippen LogP contribution is 2.34. The summed E-state index contributed by atoms with van der Waals surface area (Å²) in [5, 5.41) is 11.4. The molecule has 0 aliphatic carbocycles.